The molecule has 0 amide bonds. The number of hydrogen-bond acceptors (Lipinski definition) is 5. The molecule has 6 heteroatoms. The minimum atomic E-state index is -0.481. The summed E-state index contributed by atoms with van der Waals surface area (Å²) >= 11 is 0. The van der Waals surface area contributed by atoms with Crippen LogP contribution in [0.2, 0.25) is 0 Å². The average Bonchev–Trinajstić information content (AvgIpc) is 2.85. The minimum absolute atomic E-state index is 0.126. The van der Waals surface area contributed by atoms with Gasteiger partial charge >= 0.3 is 5.88 Å². The Morgan fingerprint density at radius 2 is 2.37 bits per heavy atom. The first-order chi connectivity index (χ1) is 9.13. The summed E-state index contributed by atoms with van der Waals surface area (Å²) in [7, 11) is 2.05. The molecule has 0 spiro atoms. The van der Waals surface area contributed by atoms with E-state index in [0.29, 0.717) is 11.7 Å². The number of hydrogen-bond donors (Lipinski definition) is 1. The van der Waals surface area contributed by atoms with E-state index < -0.39 is 4.92 Å². The van der Waals surface area contributed by atoms with Crippen molar-refractivity contribution in [2.75, 3.05) is 26.7 Å². The van der Waals surface area contributed by atoms with Crippen molar-refractivity contribution in [3.05, 3.63) is 28.0 Å². The smallest absolute Gasteiger partial charge is 0.404 e. The second-order valence-electron chi connectivity index (χ2n) is 5.07. The Bertz CT molecular complexity index is 433. The van der Waals surface area contributed by atoms with Crippen LogP contribution in [0.1, 0.15) is 31.6 Å². The van der Waals surface area contributed by atoms with E-state index in [0.717, 1.165) is 32.5 Å². The Morgan fingerprint density at radius 3 is 3.00 bits per heavy atom. The van der Waals surface area contributed by atoms with Crippen LogP contribution in [-0.2, 0) is 0 Å². The van der Waals surface area contributed by atoms with Gasteiger partial charge in [-0.05, 0) is 51.5 Å². The van der Waals surface area contributed by atoms with Crippen molar-refractivity contribution in [1.29, 1.82) is 0 Å². The molecule has 1 aromatic rings. The van der Waals surface area contributed by atoms with Crippen molar-refractivity contribution in [3.8, 4) is 0 Å². The molecule has 6 nitrogen and oxygen atoms in total. The largest absolute Gasteiger partial charge is 0.433 e. The highest BCUT2D eigenvalue weighted by Gasteiger charge is 2.33. The van der Waals surface area contributed by atoms with Crippen molar-refractivity contribution >= 4 is 5.88 Å². The van der Waals surface area contributed by atoms with Crippen LogP contribution in [0, 0.1) is 16.0 Å². The summed E-state index contributed by atoms with van der Waals surface area (Å²) in [5, 5.41) is 14.1. The SMILES string of the molecule is CCNCC1CCCN(C)C1c1ccc([N+](=O)[O-])o1. The molecule has 106 valence electrons. The molecule has 1 saturated heterocycles. The monoisotopic (exact) mass is 267 g/mol. The van der Waals surface area contributed by atoms with Crippen LogP contribution in [0.5, 0.6) is 0 Å². The molecule has 0 saturated carbocycles. The van der Waals surface area contributed by atoms with Gasteiger partial charge in [0, 0.05) is 0 Å². The quantitative estimate of drug-likeness (QED) is 0.654. The zero-order chi connectivity index (χ0) is 13.8. The van der Waals surface area contributed by atoms with E-state index in [1.807, 2.05) is 0 Å². The molecule has 0 aromatic carbocycles. The summed E-state index contributed by atoms with van der Waals surface area (Å²) < 4.78 is 5.40. The first-order valence-corrected chi connectivity index (χ1v) is 6.78. The first-order valence-electron chi connectivity index (χ1n) is 6.78. The van der Waals surface area contributed by atoms with Gasteiger partial charge in [0.25, 0.3) is 0 Å². The van der Waals surface area contributed by atoms with Crippen molar-refractivity contribution in [3.63, 3.8) is 0 Å². The van der Waals surface area contributed by atoms with Crippen LogP contribution in [0.4, 0.5) is 5.88 Å². The number of likely N-dealkylation sites (tertiary alicyclic amines) is 1. The standard InChI is InChI=1S/C13H21N3O3/c1-3-14-9-10-5-4-8-15(2)13(10)11-6-7-12(19-11)16(17)18/h6-7,10,13-14H,3-5,8-9H2,1-2H3. The third kappa shape index (κ3) is 3.13. The predicted molar refractivity (Wildman–Crippen MR) is 72.0 cm³/mol. The Morgan fingerprint density at radius 1 is 1.58 bits per heavy atom. The molecule has 1 fully saturated rings. The summed E-state index contributed by atoms with van der Waals surface area (Å²) in [4.78, 5) is 12.5. The maximum absolute atomic E-state index is 10.7. The summed E-state index contributed by atoms with van der Waals surface area (Å²) in [5.41, 5.74) is 0. The normalized spacial score (nSPS) is 24.5. The fourth-order valence-electron chi connectivity index (χ4n) is 2.85. The fourth-order valence-corrected chi connectivity index (χ4v) is 2.85. The number of nitrogens with zero attached hydrogens (tertiary/aromatic N) is 2. The maximum Gasteiger partial charge on any atom is 0.433 e. The van der Waals surface area contributed by atoms with Gasteiger partial charge in [-0.1, -0.05) is 6.92 Å². The Kier molecular flexibility index (Phi) is 4.55. The lowest BCUT2D eigenvalue weighted by Gasteiger charge is -2.38. The fraction of sp³-hybridized carbons (Fsp3) is 0.692. The third-order valence-corrected chi connectivity index (χ3v) is 3.75. The van der Waals surface area contributed by atoms with E-state index in [1.165, 1.54) is 6.07 Å². The molecule has 2 unspecified atom stereocenters. The molecule has 2 rings (SSSR count). The summed E-state index contributed by atoms with van der Waals surface area (Å²) in [6.07, 6.45) is 2.28. The molecule has 0 aliphatic carbocycles. The molecule has 1 aliphatic rings. The van der Waals surface area contributed by atoms with E-state index in [-0.39, 0.29) is 11.9 Å². The lowest BCUT2D eigenvalue weighted by molar-refractivity contribution is -0.402. The molecular formula is C13H21N3O3. The van der Waals surface area contributed by atoms with Gasteiger partial charge in [0.05, 0.1) is 12.1 Å². The van der Waals surface area contributed by atoms with Gasteiger partial charge in [0.15, 0.2) is 0 Å². The van der Waals surface area contributed by atoms with Gasteiger partial charge in [0.2, 0.25) is 0 Å². The number of rotatable bonds is 5. The van der Waals surface area contributed by atoms with E-state index in [4.69, 9.17) is 4.42 Å². The molecule has 2 atom stereocenters. The van der Waals surface area contributed by atoms with E-state index in [2.05, 4.69) is 24.2 Å². The second kappa shape index (κ2) is 6.16. The maximum atomic E-state index is 10.7. The van der Waals surface area contributed by atoms with Crippen molar-refractivity contribution < 1.29 is 9.34 Å². The zero-order valence-corrected chi connectivity index (χ0v) is 11.5. The number of nitro groups is 1. The second-order valence-corrected chi connectivity index (χ2v) is 5.07. The van der Waals surface area contributed by atoms with E-state index >= 15 is 0 Å². The molecule has 1 N–H and O–H groups in total. The Balaban J connectivity index is 2.17. The van der Waals surface area contributed by atoms with Crippen LogP contribution < -0.4 is 5.32 Å². The van der Waals surface area contributed by atoms with Gasteiger partial charge in [-0.3, -0.25) is 15.0 Å². The number of furan rings is 1. The molecule has 19 heavy (non-hydrogen) atoms. The molecule has 1 aliphatic heterocycles. The summed E-state index contributed by atoms with van der Waals surface area (Å²) in [5.74, 6) is 0.970. The predicted octanol–water partition coefficient (Wildman–Crippen LogP) is 2.18. The lowest BCUT2D eigenvalue weighted by Crippen LogP contribution is -2.40. The molecule has 0 radical (unpaired) electrons. The first kappa shape index (κ1) is 14.0. The minimum Gasteiger partial charge on any atom is -0.404 e. The van der Waals surface area contributed by atoms with Crippen molar-refractivity contribution in [2.24, 2.45) is 5.92 Å². The van der Waals surface area contributed by atoms with Crippen LogP contribution >= 0.6 is 0 Å². The highest BCUT2D eigenvalue weighted by Crippen LogP contribution is 2.36. The molecule has 1 aromatic heterocycles. The number of piperidine rings is 1. The third-order valence-electron chi connectivity index (χ3n) is 3.75. The Labute approximate surface area is 112 Å². The van der Waals surface area contributed by atoms with Gasteiger partial charge in [-0.25, -0.2) is 0 Å². The van der Waals surface area contributed by atoms with Gasteiger partial charge in [-0.15, -0.1) is 0 Å². The molecule has 2 heterocycles. The van der Waals surface area contributed by atoms with E-state index in [1.54, 1.807) is 6.07 Å². The van der Waals surface area contributed by atoms with Crippen LogP contribution in [0.25, 0.3) is 0 Å². The van der Waals surface area contributed by atoms with Gasteiger partial charge in [-0.2, -0.15) is 0 Å². The summed E-state index contributed by atoms with van der Waals surface area (Å²) in [6.45, 7) is 4.94. The molecular weight excluding hydrogens is 246 g/mol. The van der Waals surface area contributed by atoms with Crippen LogP contribution in [0.15, 0.2) is 16.5 Å². The van der Waals surface area contributed by atoms with Crippen molar-refractivity contribution in [2.45, 2.75) is 25.8 Å². The average molecular weight is 267 g/mol. The van der Waals surface area contributed by atoms with E-state index in [9.17, 15) is 10.1 Å². The zero-order valence-electron chi connectivity index (χ0n) is 11.5. The van der Waals surface area contributed by atoms with Crippen LogP contribution in [0.3, 0.4) is 0 Å². The topological polar surface area (TPSA) is 71.5 Å². The summed E-state index contributed by atoms with van der Waals surface area (Å²) in [6, 6.07) is 3.31. The van der Waals surface area contributed by atoms with Crippen LogP contribution in [-0.4, -0.2) is 36.5 Å². The molecule has 0 bridgehead atoms. The number of nitrogens with one attached hydrogen (secondary N) is 1. The van der Waals surface area contributed by atoms with Gasteiger partial charge in [0.1, 0.15) is 10.7 Å². The van der Waals surface area contributed by atoms with Crippen molar-refractivity contribution in [1.82, 2.24) is 10.2 Å². The Hall–Kier alpha value is -1.40. The van der Waals surface area contributed by atoms with Gasteiger partial charge < -0.3 is 9.73 Å². The lowest BCUT2D eigenvalue weighted by atomic mass is 9.88. The highest BCUT2D eigenvalue weighted by molar-refractivity contribution is 5.21. The highest BCUT2D eigenvalue weighted by atomic mass is 16.6.